The van der Waals surface area contributed by atoms with Crippen molar-refractivity contribution in [2.24, 2.45) is 0 Å². The molecule has 5 nitrogen and oxygen atoms in total. The number of nitrogens with one attached hydrogen (secondary N) is 1. The highest BCUT2D eigenvalue weighted by Gasteiger charge is 2.25. The number of fused-ring (bicyclic) bond motifs is 1. The molecule has 0 fully saturated rings. The fraction of sp³-hybridized carbons (Fsp3) is 0.333. The zero-order valence-corrected chi connectivity index (χ0v) is 15.9. The monoisotopic (exact) mass is 387 g/mol. The Morgan fingerprint density at radius 3 is 2.85 bits per heavy atom. The number of amides is 1. The number of esters is 1. The summed E-state index contributed by atoms with van der Waals surface area (Å²) < 4.78 is 10.5. The van der Waals surface area contributed by atoms with E-state index in [9.17, 15) is 9.59 Å². The zero-order chi connectivity index (χ0) is 19.2. The number of hydrogen-bond donors (Lipinski definition) is 1. The maximum atomic E-state index is 12.4. The molecule has 2 aromatic rings. The van der Waals surface area contributed by atoms with E-state index in [1.54, 1.807) is 31.2 Å². The van der Waals surface area contributed by atoms with Crippen molar-refractivity contribution < 1.29 is 19.1 Å². The van der Waals surface area contributed by atoms with E-state index < -0.39 is 12.1 Å². The van der Waals surface area contributed by atoms with Crippen LogP contribution < -0.4 is 10.1 Å². The first-order valence-electron chi connectivity index (χ1n) is 8.99. The molecular formula is C21H22ClNO4. The van der Waals surface area contributed by atoms with Gasteiger partial charge in [0.2, 0.25) is 0 Å². The van der Waals surface area contributed by atoms with Gasteiger partial charge < -0.3 is 14.8 Å². The van der Waals surface area contributed by atoms with Crippen molar-refractivity contribution in [2.75, 3.05) is 6.61 Å². The average Bonchev–Trinajstić information content (AvgIpc) is 2.66. The van der Waals surface area contributed by atoms with Crippen LogP contribution in [-0.4, -0.2) is 24.6 Å². The quantitative estimate of drug-likeness (QED) is 0.765. The van der Waals surface area contributed by atoms with Crippen molar-refractivity contribution >= 4 is 23.5 Å². The second-order valence-electron chi connectivity index (χ2n) is 6.53. The summed E-state index contributed by atoms with van der Waals surface area (Å²) in [5.41, 5.74) is 2.40. The number of hydrogen-bond acceptors (Lipinski definition) is 4. The molecule has 0 bridgehead atoms. The van der Waals surface area contributed by atoms with E-state index in [0.29, 0.717) is 10.8 Å². The molecule has 2 aromatic carbocycles. The van der Waals surface area contributed by atoms with Crippen LogP contribution in [0.25, 0.3) is 0 Å². The lowest BCUT2D eigenvalue weighted by atomic mass is 9.87. The van der Waals surface area contributed by atoms with Gasteiger partial charge in [-0.25, -0.2) is 4.79 Å². The van der Waals surface area contributed by atoms with Gasteiger partial charge in [-0.2, -0.15) is 0 Å². The maximum Gasteiger partial charge on any atom is 0.344 e. The van der Waals surface area contributed by atoms with Crippen LogP contribution in [0.3, 0.4) is 0 Å². The Hall–Kier alpha value is -2.53. The second-order valence-corrected chi connectivity index (χ2v) is 6.97. The van der Waals surface area contributed by atoms with Crippen LogP contribution in [0.1, 0.15) is 36.9 Å². The summed E-state index contributed by atoms with van der Waals surface area (Å²) in [6.07, 6.45) is 2.02. The third-order valence-electron chi connectivity index (χ3n) is 4.52. The fourth-order valence-electron chi connectivity index (χ4n) is 3.18. The first kappa shape index (κ1) is 19.2. The summed E-state index contributed by atoms with van der Waals surface area (Å²) >= 11 is 5.87. The smallest absolute Gasteiger partial charge is 0.344 e. The molecule has 27 heavy (non-hydrogen) atoms. The van der Waals surface area contributed by atoms with Crippen LogP contribution in [0, 0.1) is 0 Å². The Labute approximate surface area is 163 Å². The summed E-state index contributed by atoms with van der Waals surface area (Å²) in [4.78, 5) is 24.4. The lowest BCUT2D eigenvalue weighted by molar-refractivity contribution is -0.156. The number of carbonyl (C=O) groups is 2. The molecule has 2 atom stereocenters. The minimum absolute atomic E-state index is 0.0497. The van der Waals surface area contributed by atoms with Crippen LogP contribution in [0.4, 0.5) is 0 Å². The third-order valence-corrected chi connectivity index (χ3v) is 4.75. The van der Waals surface area contributed by atoms with E-state index in [2.05, 4.69) is 11.4 Å². The molecule has 0 heterocycles. The molecule has 1 aliphatic carbocycles. The number of halogens is 1. The second kappa shape index (κ2) is 8.91. The van der Waals surface area contributed by atoms with E-state index in [1.807, 2.05) is 18.2 Å². The van der Waals surface area contributed by atoms with Crippen molar-refractivity contribution in [2.45, 2.75) is 38.3 Å². The summed E-state index contributed by atoms with van der Waals surface area (Å²) in [6.45, 7) is 1.27. The topological polar surface area (TPSA) is 64.6 Å². The minimum atomic E-state index is -0.894. The lowest BCUT2D eigenvalue weighted by Crippen LogP contribution is -2.39. The largest absolute Gasteiger partial charge is 0.482 e. The van der Waals surface area contributed by atoms with E-state index >= 15 is 0 Å². The van der Waals surface area contributed by atoms with Crippen molar-refractivity contribution in [3.05, 3.63) is 64.7 Å². The van der Waals surface area contributed by atoms with E-state index in [1.165, 1.54) is 5.56 Å². The molecule has 0 unspecified atom stereocenters. The predicted octanol–water partition coefficient (Wildman–Crippen LogP) is 3.84. The number of ether oxygens (including phenoxy) is 2. The van der Waals surface area contributed by atoms with E-state index in [4.69, 9.17) is 21.1 Å². The van der Waals surface area contributed by atoms with Gasteiger partial charge in [-0.3, -0.25) is 4.79 Å². The van der Waals surface area contributed by atoms with Crippen LogP contribution in [0.15, 0.2) is 48.5 Å². The van der Waals surface area contributed by atoms with Gasteiger partial charge in [-0.05, 0) is 55.5 Å². The molecule has 3 rings (SSSR count). The van der Waals surface area contributed by atoms with Gasteiger partial charge in [0.25, 0.3) is 5.91 Å². The minimum Gasteiger partial charge on any atom is -0.482 e. The molecule has 142 valence electrons. The number of rotatable bonds is 6. The molecule has 0 aliphatic heterocycles. The number of benzene rings is 2. The van der Waals surface area contributed by atoms with Crippen molar-refractivity contribution in [3.63, 3.8) is 0 Å². The van der Waals surface area contributed by atoms with Crippen LogP contribution >= 0.6 is 11.6 Å². The number of carbonyl (C=O) groups excluding carboxylic acids is 2. The highest BCUT2D eigenvalue weighted by Crippen LogP contribution is 2.29. The van der Waals surface area contributed by atoms with E-state index in [0.717, 1.165) is 24.8 Å². The van der Waals surface area contributed by atoms with Gasteiger partial charge in [0.05, 0.1) is 6.04 Å². The van der Waals surface area contributed by atoms with Gasteiger partial charge in [-0.1, -0.05) is 41.9 Å². The Balaban J connectivity index is 1.50. The van der Waals surface area contributed by atoms with Crippen LogP contribution in [0.2, 0.25) is 5.02 Å². The molecule has 0 saturated carbocycles. The van der Waals surface area contributed by atoms with Gasteiger partial charge >= 0.3 is 5.97 Å². The van der Waals surface area contributed by atoms with Gasteiger partial charge in [-0.15, -0.1) is 0 Å². The first-order chi connectivity index (χ1) is 13.0. The van der Waals surface area contributed by atoms with Crippen molar-refractivity contribution in [3.8, 4) is 5.75 Å². The zero-order valence-electron chi connectivity index (χ0n) is 15.1. The highest BCUT2D eigenvalue weighted by atomic mass is 35.5. The molecule has 1 N–H and O–H groups in total. The molecular weight excluding hydrogens is 366 g/mol. The molecule has 0 spiro atoms. The van der Waals surface area contributed by atoms with Gasteiger partial charge in [0, 0.05) is 5.02 Å². The molecule has 0 radical (unpaired) electrons. The molecule has 1 amide bonds. The predicted molar refractivity (Wildman–Crippen MR) is 103 cm³/mol. The normalized spacial score (nSPS) is 16.7. The third kappa shape index (κ3) is 5.23. The molecule has 6 heteroatoms. The van der Waals surface area contributed by atoms with Crippen LogP contribution in [0.5, 0.6) is 5.75 Å². The maximum absolute atomic E-state index is 12.4. The summed E-state index contributed by atoms with van der Waals surface area (Å²) in [5.74, 6) is -0.454. The first-order valence-corrected chi connectivity index (χ1v) is 9.37. The van der Waals surface area contributed by atoms with Crippen molar-refractivity contribution in [1.29, 1.82) is 0 Å². The Bertz CT molecular complexity index is 823. The Morgan fingerprint density at radius 1 is 1.22 bits per heavy atom. The highest BCUT2D eigenvalue weighted by molar-refractivity contribution is 6.30. The molecule has 0 aromatic heterocycles. The molecule has 1 aliphatic rings. The summed E-state index contributed by atoms with van der Waals surface area (Å²) in [5, 5.41) is 3.50. The average molecular weight is 388 g/mol. The Morgan fingerprint density at radius 2 is 2.04 bits per heavy atom. The number of aryl methyl sites for hydroxylation is 1. The van der Waals surface area contributed by atoms with Crippen LogP contribution in [-0.2, 0) is 20.7 Å². The lowest BCUT2D eigenvalue weighted by Gasteiger charge is -2.27. The summed E-state index contributed by atoms with van der Waals surface area (Å²) in [7, 11) is 0. The standard InChI is InChI=1S/C21H22ClNO4/c1-14(27-20(24)13-26-17-9-5-8-16(22)12-17)21(25)23-19-11-4-7-15-6-2-3-10-18(15)19/h2-3,5-6,8-10,12,14,19H,4,7,11,13H2,1H3,(H,23,25)/t14-,19-/m1/s1. The van der Waals surface area contributed by atoms with E-state index in [-0.39, 0.29) is 18.6 Å². The SMILES string of the molecule is C[C@@H](OC(=O)COc1cccc(Cl)c1)C(=O)N[C@@H]1CCCc2ccccc21. The van der Waals surface area contributed by atoms with Gasteiger partial charge in [0.15, 0.2) is 12.7 Å². The fourth-order valence-corrected chi connectivity index (χ4v) is 3.36. The Kier molecular flexibility index (Phi) is 6.35. The van der Waals surface area contributed by atoms with Crippen molar-refractivity contribution in [1.82, 2.24) is 5.32 Å². The van der Waals surface area contributed by atoms with Gasteiger partial charge in [0.1, 0.15) is 5.75 Å². The molecule has 0 saturated heterocycles. The summed E-state index contributed by atoms with van der Waals surface area (Å²) in [6, 6.07) is 14.8.